The molecule has 2 unspecified atom stereocenters. The molecular weight excluding hydrogens is 362 g/mol. The van der Waals surface area contributed by atoms with Crippen molar-refractivity contribution in [2.24, 2.45) is 4.99 Å². The molecule has 0 aromatic heterocycles. The van der Waals surface area contributed by atoms with Crippen LogP contribution in [0.5, 0.6) is 0 Å². The van der Waals surface area contributed by atoms with Crippen molar-refractivity contribution in [1.82, 2.24) is 20.4 Å². The molecule has 0 spiro atoms. The molecule has 1 aromatic carbocycles. The van der Waals surface area contributed by atoms with Gasteiger partial charge in [0.15, 0.2) is 5.96 Å². The van der Waals surface area contributed by atoms with Crippen LogP contribution in [0.15, 0.2) is 29.3 Å². The van der Waals surface area contributed by atoms with Gasteiger partial charge in [0.05, 0.1) is 12.6 Å². The maximum Gasteiger partial charge on any atom is 0.222 e. The molecule has 6 nitrogen and oxygen atoms in total. The van der Waals surface area contributed by atoms with Gasteiger partial charge in [-0.25, -0.2) is 0 Å². The van der Waals surface area contributed by atoms with E-state index in [0.29, 0.717) is 13.0 Å². The Morgan fingerprint density at radius 3 is 2.63 bits per heavy atom. The Morgan fingerprint density at radius 2 is 2.04 bits per heavy atom. The van der Waals surface area contributed by atoms with Crippen LogP contribution in [0.3, 0.4) is 0 Å². The highest BCUT2D eigenvalue weighted by Gasteiger charge is 2.26. The lowest BCUT2D eigenvalue weighted by Gasteiger charge is -2.24. The fourth-order valence-electron chi connectivity index (χ4n) is 3.27. The number of hydrogen-bond donors (Lipinski definition) is 2. The molecule has 1 aliphatic heterocycles. The Bertz CT molecular complexity index is 632. The number of carbonyl (C=O) groups excluding carboxylic acids is 1. The zero-order chi connectivity index (χ0) is 19.8. The minimum absolute atomic E-state index is 0.166. The Balaban J connectivity index is 2.02. The molecule has 2 atom stereocenters. The molecule has 1 heterocycles. The topological polar surface area (TPSA) is 60.0 Å². The van der Waals surface area contributed by atoms with Gasteiger partial charge in [0.1, 0.15) is 0 Å². The number of hydrogen-bond acceptors (Lipinski definition) is 3. The highest BCUT2D eigenvalue weighted by molar-refractivity contribution is 6.30. The van der Waals surface area contributed by atoms with Crippen LogP contribution in [0.25, 0.3) is 0 Å². The largest absolute Gasteiger partial charge is 0.357 e. The van der Waals surface area contributed by atoms with Crippen molar-refractivity contribution >= 4 is 23.5 Å². The maximum atomic E-state index is 11.9. The number of guanidine groups is 1. The molecule has 7 heteroatoms. The molecule has 2 rings (SSSR count). The van der Waals surface area contributed by atoms with Gasteiger partial charge in [0, 0.05) is 37.1 Å². The lowest BCUT2D eigenvalue weighted by atomic mass is 10.1. The lowest BCUT2D eigenvalue weighted by molar-refractivity contribution is -0.129. The molecule has 1 aromatic rings. The van der Waals surface area contributed by atoms with Crippen LogP contribution < -0.4 is 10.6 Å². The maximum absolute atomic E-state index is 11.9. The second kappa shape index (κ2) is 10.5. The van der Waals surface area contributed by atoms with Crippen molar-refractivity contribution in [3.05, 3.63) is 34.9 Å². The van der Waals surface area contributed by atoms with Crippen LogP contribution in [0.1, 0.15) is 38.3 Å². The summed E-state index contributed by atoms with van der Waals surface area (Å²) in [4.78, 5) is 20.8. The Hall–Kier alpha value is -1.79. The molecule has 1 amide bonds. The van der Waals surface area contributed by atoms with Crippen LogP contribution in [-0.4, -0.2) is 68.0 Å². The van der Waals surface area contributed by atoms with Crippen molar-refractivity contribution in [2.45, 2.75) is 38.8 Å². The van der Waals surface area contributed by atoms with Crippen LogP contribution >= 0.6 is 11.6 Å². The smallest absolute Gasteiger partial charge is 0.222 e. The Labute approximate surface area is 168 Å². The number of likely N-dealkylation sites (N-methyl/N-ethyl adjacent to an activating group) is 1. The van der Waals surface area contributed by atoms with E-state index in [4.69, 9.17) is 16.6 Å². The van der Waals surface area contributed by atoms with E-state index in [0.717, 1.165) is 37.0 Å². The third kappa shape index (κ3) is 6.40. The minimum atomic E-state index is 0.166. The normalized spacial score (nSPS) is 18.7. The average Bonchev–Trinajstić information content (AvgIpc) is 3.11. The number of benzene rings is 1. The summed E-state index contributed by atoms with van der Waals surface area (Å²) in [5.41, 5.74) is 1.18. The molecule has 0 saturated carbocycles. The molecule has 0 bridgehead atoms. The summed E-state index contributed by atoms with van der Waals surface area (Å²) < 4.78 is 0. The fourth-order valence-corrected chi connectivity index (χ4v) is 3.40. The van der Waals surface area contributed by atoms with Crippen molar-refractivity contribution in [2.75, 3.05) is 40.3 Å². The number of nitrogens with one attached hydrogen (secondary N) is 2. The molecular formula is C20H32ClN5O. The number of nitrogens with zero attached hydrogens (tertiary/aromatic N) is 3. The fraction of sp³-hybridized carbons (Fsp3) is 0.600. The molecule has 0 aliphatic carbocycles. The minimum Gasteiger partial charge on any atom is -0.357 e. The van der Waals surface area contributed by atoms with Gasteiger partial charge in [-0.2, -0.15) is 0 Å². The van der Waals surface area contributed by atoms with Gasteiger partial charge in [-0.05, 0) is 45.1 Å². The molecule has 1 saturated heterocycles. The van der Waals surface area contributed by atoms with Crippen molar-refractivity contribution < 1.29 is 4.79 Å². The average molecular weight is 394 g/mol. The Morgan fingerprint density at radius 1 is 1.33 bits per heavy atom. The monoisotopic (exact) mass is 393 g/mol. The summed E-state index contributed by atoms with van der Waals surface area (Å²) in [6.45, 7) is 6.95. The van der Waals surface area contributed by atoms with E-state index >= 15 is 0 Å². The van der Waals surface area contributed by atoms with Gasteiger partial charge in [0.2, 0.25) is 5.91 Å². The van der Waals surface area contributed by atoms with Crippen molar-refractivity contribution in [1.29, 1.82) is 0 Å². The van der Waals surface area contributed by atoms with Crippen molar-refractivity contribution in [3.63, 3.8) is 0 Å². The third-order valence-corrected chi connectivity index (χ3v) is 5.08. The number of likely N-dealkylation sites (tertiary alicyclic amines) is 1. The summed E-state index contributed by atoms with van der Waals surface area (Å²) in [7, 11) is 4.11. The molecule has 1 aliphatic rings. The standard InChI is InChI=1S/C20H32ClN5O/c1-5-19(27)26-12-11-17(14-26)24-20(22-6-2)23-13-18(25(3)4)15-7-9-16(21)10-8-15/h7-10,17-18H,5-6,11-14H2,1-4H3,(H2,22,23,24). The second-order valence-corrected chi connectivity index (χ2v) is 7.51. The number of amides is 1. The molecule has 2 N–H and O–H groups in total. The van der Waals surface area contributed by atoms with Crippen LogP contribution in [0, 0.1) is 0 Å². The van der Waals surface area contributed by atoms with Gasteiger partial charge in [0.25, 0.3) is 0 Å². The first-order valence-electron chi connectivity index (χ1n) is 9.69. The first kappa shape index (κ1) is 21.5. The van der Waals surface area contributed by atoms with Gasteiger partial charge < -0.3 is 20.4 Å². The summed E-state index contributed by atoms with van der Waals surface area (Å²) in [6, 6.07) is 8.34. The third-order valence-electron chi connectivity index (χ3n) is 4.83. The van der Waals surface area contributed by atoms with Gasteiger partial charge >= 0.3 is 0 Å². The van der Waals surface area contributed by atoms with Gasteiger partial charge in [-0.1, -0.05) is 30.7 Å². The number of carbonyl (C=O) groups is 1. The lowest BCUT2D eigenvalue weighted by Crippen LogP contribution is -2.45. The molecule has 1 fully saturated rings. The van der Waals surface area contributed by atoms with Gasteiger partial charge in [-0.15, -0.1) is 0 Å². The molecule has 0 radical (unpaired) electrons. The van der Waals surface area contributed by atoms with Crippen LogP contribution in [-0.2, 0) is 4.79 Å². The SMILES string of the molecule is CCNC(=NCC(c1ccc(Cl)cc1)N(C)C)NC1CCN(C(=O)CC)C1. The molecule has 27 heavy (non-hydrogen) atoms. The van der Waals surface area contributed by atoms with Crippen LogP contribution in [0.4, 0.5) is 0 Å². The summed E-state index contributed by atoms with van der Waals surface area (Å²) >= 11 is 6.02. The first-order chi connectivity index (χ1) is 12.9. The van der Waals surface area contributed by atoms with Crippen LogP contribution in [0.2, 0.25) is 5.02 Å². The number of halogens is 1. The van der Waals surface area contributed by atoms with E-state index in [1.54, 1.807) is 0 Å². The zero-order valence-electron chi connectivity index (χ0n) is 16.8. The van der Waals surface area contributed by atoms with Gasteiger partial charge in [-0.3, -0.25) is 9.79 Å². The van der Waals surface area contributed by atoms with E-state index in [2.05, 4.69) is 36.6 Å². The van der Waals surface area contributed by atoms with E-state index < -0.39 is 0 Å². The predicted octanol–water partition coefficient (Wildman–Crippen LogP) is 2.51. The van der Waals surface area contributed by atoms with E-state index in [1.165, 1.54) is 5.56 Å². The quantitative estimate of drug-likeness (QED) is 0.552. The predicted molar refractivity (Wildman–Crippen MR) is 112 cm³/mol. The molecule has 150 valence electrons. The summed E-state index contributed by atoms with van der Waals surface area (Å²) in [6.07, 6.45) is 1.51. The summed E-state index contributed by atoms with van der Waals surface area (Å²) in [5, 5.41) is 7.54. The summed E-state index contributed by atoms with van der Waals surface area (Å²) in [5.74, 6) is 1.02. The number of aliphatic imine (C=N–C) groups is 1. The first-order valence-corrected chi connectivity index (χ1v) is 10.1. The zero-order valence-corrected chi connectivity index (χ0v) is 17.6. The van der Waals surface area contributed by atoms with E-state index in [-0.39, 0.29) is 18.0 Å². The highest BCUT2D eigenvalue weighted by Crippen LogP contribution is 2.21. The number of rotatable bonds is 7. The second-order valence-electron chi connectivity index (χ2n) is 7.07. The van der Waals surface area contributed by atoms with E-state index in [9.17, 15) is 4.79 Å². The van der Waals surface area contributed by atoms with E-state index in [1.807, 2.05) is 36.1 Å². The van der Waals surface area contributed by atoms with Crippen molar-refractivity contribution in [3.8, 4) is 0 Å². The Kier molecular flexibility index (Phi) is 8.38. The highest BCUT2D eigenvalue weighted by atomic mass is 35.5.